The van der Waals surface area contributed by atoms with E-state index in [2.05, 4.69) is 38.4 Å². The Kier molecular flexibility index (Phi) is 4.75. The van der Waals surface area contributed by atoms with Crippen molar-refractivity contribution < 1.29 is 4.74 Å². The van der Waals surface area contributed by atoms with Gasteiger partial charge in [-0.2, -0.15) is 0 Å². The van der Waals surface area contributed by atoms with Crippen LogP contribution in [0, 0.1) is 0 Å². The Morgan fingerprint density at radius 2 is 2.06 bits per heavy atom. The van der Waals surface area contributed by atoms with Gasteiger partial charge in [-0.3, -0.25) is 0 Å². The smallest absolute Gasteiger partial charge is 0.119 e. The molecule has 0 radical (unpaired) electrons. The van der Waals surface area contributed by atoms with Crippen molar-refractivity contribution in [1.82, 2.24) is 15.0 Å². The van der Waals surface area contributed by atoms with Crippen LogP contribution in [0.5, 0.6) is 5.75 Å². The first kappa shape index (κ1) is 13.1. The van der Waals surface area contributed by atoms with Gasteiger partial charge < -0.3 is 4.74 Å². The summed E-state index contributed by atoms with van der Waals surface area (Å²) in [6.45, 7) is 3.41. The van der Waals surface area contributed by atoms with E-state index in [1.165, 1.54) is 5.56 Å². The zero-order chi connectivity index (χ0) is 12.8. The fourth-order valence-corrected chi connectivity index (χ4v) is 2.08. The van der Waals surface area contributed by atoms with Crippen molar-refractivity contribution in [3.8, 4) is 5.75 Å². The van der Waals surface area contributed by atoms with Crippen molar-refractivity contribution in [1.29, 1.82) is 0 Å². The quantitative estimate of drug-likeness (QED) is 0.770. The molecule has 0 spiro atoms. The molecule has 0 atom stereocenters. The van der Waals surface area contributed by atoms with Gasteiger partial charge in [0.2, 0.25) is 0 Å². The summed E-state index contributed by atoms with van der Waals surface area (Å²) in [6, 6.07) is 8.07. The van der Waals surface area contributed by atoms with E-state index in [9.17, 15) is 0 Å². The van der Waals surface area contributed by atoms with E-state index in [0.717, 1.165) is 29.7 Å². The Bertz CT molecular complexity index is 481. The molecule has 1 heterocycles. The van der Waals surface area contributed by atoms with Crippen molar-refractivity contribution >= 4 is 15.9 Å². The van der Waals surface area contributed by atoms with Gasteiger partial charge in [-0.25, -0.2) is 4.68 Å². The molecule has 5 heteroatoms. The fraction of sp³-hybridized carbons (Fsp3) is 0.385. The average Bonchev–Trinajstić information content (AvgIpc) is 2.80. The zero-order valence-electron chi connectivity index (χ0n) is 10.3. The number of nitrogens with zero attached hydrogens (tertiary/aromatic N) is 3. The molecule has 0 aliphatic rings. The van der Waals surface area contributed by atoms with Crippen molar-refractivity contribution in [3.63, 3.8) is 0 Å². The molecule has 0 amide bonds. The van der Waals surface area contributed by atoms with E-state index in [-0.39, 0.29) is 0 Å². The monoisotopic (exact) mass is 309 g/mol. The second kappa shape index (κ2) is 6.54. The Balaban J connectivity index is 1.99. The van der Waals surface area contributed by atoms with Crippen LogP contribution in [0.4, 0.5) is 0 Å². The number of halogens is 1. The molecule has 18 heavy (non-hydrogen) atoms. The summed E-state index contributed by atoms with van der Waals surface area (Å²) in [5.74, 6) is 0.903. The number of ether oxygens (including phenoxy) is 1. The van der Waals surface area contributed by atoms with Crippen LogP contribution >= 0.6 is 15.9 Å². The molecule has 0 N–H and O–H groups in total. The molecule has 0 unspecified atom stereocenters. The van der Waals surface area contributed by atoms with Crippen LogP contribution in [0.1, 0.15) is 18.2 Å². The van der Waals surface area contributed by atoms with Crippen LogP contribution in [0.3, 0.4) is 0 Å². The lowest BCUT2D eigenvalue weighted by Crippen LogP contribution is -2.00. The van der Waals surface area contributed by atoms with Crippen molar-refractivity contribution in [2.24, 2.45) is 0 Å². The van der Waals surface area contributed by atoms with E-state index in [1.807, 2.05) is 29.9 Å². The third kappa shape index (κ3) is 3.57. The highest BCUT2D eigenvalue weighted by Gasteiger charge is 2.01. The van der Waals surface area contributed by atoms with Gasteiger partial charge in [-0.1, -0.05) is 33.3 Å². The van der Waals surface area contributed by atoms with Gasteiger partial charge in [0.25, 0.3) is 0 Å². The number of aryl methyl sites for hydroxylation is 1. The van der Waals surface area contributed by atoms with Gasteiger partial charge in [0.05, 0.1) is 18.8 Å². The highest BCUT2D eigenvalue weighted by atomic mass is 79.9. The first-order valence-electron chi connectivity index (χ1n) is 5.98. The Labute approximate surface area is 115 Å². The van der Waals surface area contributed by atoms with Crippen LogP contribution in [-0.4, -0.2) is 26.9 Å². The standard InChI is InChI=1S/C13H16BrN3O/c1-2-18-13-5-3-11(4-6-13)9-17-10-12(7-8-14)15-16-17/h3-6,10H,2,7-9H2,1H3. The first-order valence-corrected chi connectivity index (χ1v) is 7.10. The number of benzene rings is 1. The highest BCUT2D eigenvalue weighted by Crippen LogP contribution is 2.12. The molecule has 1 aromatic heterocycles. The van der Waals surface area contributed by atoms with Gasteiger partial charge in [-0.15, -0.1) is 5.10 Å². The summed E-state index contributed by atoms with van der Waals surface area (Å²) < 4.78 is 7.26. The summed E-state index contributed by atoms with van der Waals surface area (Å²) in [5, 5.41) is 9.12. The average molecular weight is 310 g/mol. The molecular formula is C13H16BrN3O. The van der Waals surface area contributed by atoms with Gasteiger partial charge in [0, 0.05) is 17.9 Å². The molecule has 4 nitrogen and oxygen atoms in total. The minimum atomic E-state index is 0.693. The largest absolute Gasteiger partial charge is 0.494 e. The lowest BCUT2D eigenvalue weighted by Gasteiger charge is -2.04. The minimum Gasteiger partial charge on any atom is -0.494 e. The Morgan fingerprint density at radius 3 is 2.72 bits per heavy atom. The number of hydrogen-bond acceptors (Lipinski definition) is 3. The summed E-state index contributed by atoms with van der Waals surface area (Å²) in [6.07, 6.45) is 2.89. The second-order valence-electron chi connectivity index (χ2n) is 3.92. The Hall–Kier alpha value is -1.36. The molecule has 0 saturated heterocycles. The number of aromatic nitrogens is 3. The maximum atomic E-state index is 5.41. The van der Waals surface area contributed by atoms with Crippen LogP contribution < -0.4 is 4.74 Å². The van der Waals surface area contributed by atoms with Gasteiger partial charge in [-0.05, 0) is 24.6 Å². The predicted octanol–water partition coefficient (Wildman–Crippen LogP) is 2.66. The zero-order valence-corrected chi connectivity index (χ0v) is 11.9. The van der Waals surface area contributed by atoms with Crippen LogP contribution in [-0.2, 0) is 13.0 Å². The van der Waals surface area contributed by atoms with Crippen molar-refractivity contribution in [2.45, 2.75) is 19.9 Å². The minimum absolute atomic E-state index is 0.693. The normalized spacial score (nSPS) is 10.6. The first-order chi connectivity index (χ1) is 8.81. The van der Waals surface area contributed by atoms with Crippen LogP contribution in [0.25, 0.3) is 0 Å². The number of alkyl halides is 1. The second-order valence-corrected chi connectivity index (χ2v) is 4.72. The van der Waals surface area contributed by atoms with Gasteiger partial charge in [0.1, 0.15) is 5.75 Å². The summed E-state index contributed by atoms with van der Waals surface area (Å²) >= 11 is 3.39. The lowest BCUT2D eigenvalue weighted by atomic mass is 10.2. The van der Waals surface area contributed by atoms with Gasteiger partial charge >= 0.3 is 0 Å². The Morgan fingerprint density at radius 1 is 1.28 bits per heavy atom. The van der Waals surface area contributed by atoms with E-state index < -0.39 is 0 Å². The van der Waals surface area contributed by atoms with E-state index in [0.29, 0.717) is 6.61 Å². The molecule has 2 aromatic rings. The lowest BCUT2D eigenvalue weighted by molar-refractivity contribution is 0.340. The fourth-order valence-electron chi connectivity index (χ4n) is 1.67. The maximum Gasteiger partial charge on any atom is 0.119 e. The van der Waals surface area contributed by atoms with Crippen molar-refractivity contribution in [3.05, 3.63) is 41.7 Å². The topological polar surface area (TPSA) is 39.9 Å². The predicted molar refractivity (Wildman–Crippen MR) is 74.2 cm³/mol. The molecule has 96 valence electrons. The molecule has 0 aliphatic heterocycles. The SMILES string of the molecule is CCOc1ccc(Cn2cc(CCBr)nn2)cc1. The van der Waals surface area contributed by atoms with E-state index in [1.54, 1.807) is 0 Å². The van der Waals surface area contributed by atoms with Crippen LogP contribution in [0.15, 0.2) is 30.5 Å². The summed E-state index contributed by atoms with van der Waals surface area (Å²) in [7, 11) is 0. The summed E-state index contributed by atoms with van der Waals surface area (Å²) in [4.78, 5) is 0. The molecular weight excluding hydrogens is 294 g/mol. The molecule has 2 rings (SSSR count). The van der Waals surface area contributed by atoms with E-state index in [4.69, 9.17) is 4.74 Å². The van der Waals surface area contributed by atoms with Crippen LogP contribution in [0.2, 0.25) is 0 Å². The number of hydrogen-bond donors (Lipinski definition) is 0. The molecule has 0 fully saturated rings. The third-order valence-corrected chi connectivity index (χ3v) is 2.91. The van der Waals surface area contributed by atoms with E-state index >= 15 is 0 Å². The summed E-state index contributed by atoms with van der Waals surface area (Å²) in [5.41, 5.74) is 2.20. The third-order valence-electron chi connectivity index (χ3n) is 2.52. The molecule has 0 aliphatic carbocycles. The molecule has 0 saturated carbocycles. The van der Waals surface area contributed by atoms with Crippen molar-refractivity contribution in [2.75, 3.05) is 11.9 Å². The highest BCUT2D eigenvalue weighted by molar-refractivity contribution is 9.09. The molecule has 0 bridgehead atoms. The maximum absolute atomic E-state index is 5.41. The van der Waals surface area contributed by atoms with Gasteiger partial charge in [0.15, 0.2) is 0 Å². The molecule has 1 aromatic carbocycles. The number of rotatable bonds is 6.